The van der Waals surface area contributed by atoms with Crippen molar-refractivity contribution in [3.05, 3.63) is 34.2 Å². The average Bonchev–Trinajstić information content (AvgIpc) is 2.95. The van der Waals surface area contributed by atoms with Gasteiger partial charge in [0, 0.05) is 39.1 Å². The third-order valence-electron chi connectivity index (χ3n) is 5.77. The molecule has 0 aliphatic carbocycles. The Kier molecular flexibility index (Phi) is 5.26. The fraction of sp³-hybridized carbons (Fsp3) is 0.476. The third-order valence-corrected chi connectivity index (χ3v) is 5.77. The molecule has 2 atom stereocenters. The Bertz CT molecular complexity index is 1090. The lowest BCUT2D eigenvalue weighted by Gasteiger charge is -2.32. The maximum absolute atomic E-state index is 12.9. The minimum Gasteiger partial charge on any atom is -0.314 e. The van der Waals surface area contributed by atoms with Gasteiger partial charge in [-0.3, -0.25) is 28.9 Å². The van der Waals surface area contributed by atoms with Gasteiger partial charge in [-0.2, -0.15) is 0 Å². The summed E-state index contributed by atoms with van der Waals surface area (Å²) in [4.78, 5) is 39.1. The summed E-state index contributed by atoms with van der Waals surface area (Å²) >= 11 is 0. The lowest BCUT2D eigenvalue weighted by molar-refractivity contribution is -0.135. The van der Waals surface area contributed by atoms with Crippen LogP contribution in [-0.2, 0) is 16.6 Å². The van der Waals surface area contributed by atoms with Crippen molar-refractivity contribution >= 4 is 22.8 Å². The summed E-state index contributed by atoms with van der Waals surface area (Å²) in [7, 11) is 1.69. The number of piperidine rings is 1. The van der Waals surface area contributed by atoms with Gasteiger partial charge < -0.3 is 5.32 Å². The zero-order valence-corrected chi connectivity index (χ0v) is 16.7. The maximum Gasteiger partial charge on any atom is 0.329 e. The van der Waals surface area contributed by atoms with Crippen LogP contribution in [0.5, 0.6) is 0 Å². The Morgan fingerprint density at radius 1 is 1.24 bits per heavy atom. The second kappa shape index (κ2) is 7.85. The van der Waals surface area contributed by atoms with Crippen molar-refractivity contribution in [3.8, 4) is 11.8 Å². The summed E-state index contributed by atoms with van der Waals surface area (Å²) in [5.74, 6) is 5.73. The first kappa shape index (κ1) is 19.4. The molecule has 0 bridgehead atoms. The SMILES string of the molecule is CC1CNCCN1CC#Cc1cccc2c1n(C)c(=O)n2C1CCC(=O)NC1=O. The Morgan fingerprint density at radius 2 is 2.07 bits per heavy atom. The number of benzene rings is 1. The van der Waals surface area contributed by atoms with Gasteiger partial charge in [0.2, 0.25) is 11.8 Å². The number of amides is 2. The summed E-state index contributed by atoms with van der Waals surface area (Å²) in [6.07, 6.45) is 0.544. The Balaban J connectivity index is 1.69. The summed E-state index contributed by atoms with van der Waals surface area (Å²) < 4.78 is 3.02. The summed E-state index contributed by atoms with van der Waals surface area (Å²) in [5.41, 5.74) is 1.85. The molecule has 2 aromatic rings. The normalized spacial score (nSPS) is 23.0. The first-order valence-corrected chi connectivity index (χ1v) is 9.94. The molecule has 0 radical (unpaired) electrons. The highest BCUT2D eigenvalue weighted by molar-refractivity contribution is 6.00. The Hall–Kier alpha value is -2.89. The van der Waals surface area contributed by atoms with E-state index in [1.165, 1.54) is 9.13 Å². The second-order valence-corrected chi connectivity index (χ2v) is 7.68. The lowest BCUT2D eigenvalue weighted by Crippen LogP contribution is -2.49. The molecular formula is C21H25N5O3. The largest absolute Gasteiger partial charge is 0.329 e. The van der Waals surface area contributed by atoms with Gasteiger partial charge in [-0.25, -0.2) is 4.79 Å². The number of hydrogen-bond acceptors (Lipinski definition) is 5. The number of para-hydroxylation sites is 1. The van der Waals surface area contributed by atoms with Gasteiger partial charge in [-0.05, 0) is 25.5 Å². The molecule has 0 saturated carbocycles. The molecular weight excluding hydrogens is 370 g/mol. The molecule has 3 heterocycles. The van der Waals surface area contributed by atoms with Crippen LogP contribution >= 0.6 is 0 Å². The zero-order chi connectivity index (χ0) is 20.5. The van der Waals surface area contributed by atoms with Gasteiger partial charge in [0.25, 0.3) is 0 Å². The van der Waals surface area contributed by atoms with E-state index in [1.54, 1.807) is 7.05 Å². The van der Waals surface area contributed by atoms with Crippen molar-refractivity contribution in [2.24, 2.45) is 7.05 Å². The number of nitrogens with one attached hydrogen (secondary N) is 2. The highest BCUT2D eigenvalue weighted by Crippen LogP contribution is 2.24. The van der Waals surface area contributed by atoms with Crippen molar-refractivity contribution in [1.82, 2.24) is 24.7 Å². The van der Waals surface area contributed by atoms with Crippen LogP contribution in [-0.4, -0.2) is 58.1 Å². The van der Waals surface area contributed by atoms with Crippen LogP contribution in [0.15, 0.2) is 23.0 Å². The highest BCUT2D eigenvalue weighted by Gasteiger charge is 2.31. The maximum atomic E-state index is 12.9. The van der Waals surface area contributed by atoms with Crippen LogP contribution in [0.2, 0.25) is 0 Å². The standard InChI is InChI=1S/C21H25N5O3/c1-14-13-22-10-12-25(14)11-4-6-15-5-3-7-16-19(15)24(2)21(29)26(16)17-8-9-18(27)23-20(17)28/h3,5,7,14,17,22H,8-13H2,1-2H3,(H,23,27,28). The van der Waals surface area contributed by atoms with Crippen LogP contribution in [0.1, 0.15) is 31.4 Å². The first-order chi connectivity index (χ1) is 14.0. The third kappa shape index (κ3) is 3.59. The molecule has 29 heavy (non-hydrogen) atoms. The predicted molar refractivity (Wildman–Crippen MR) is 109 cm³/mol. The number of nitrogens with zero attached hydrogens (tertiary/aromatic N) is 3. The van der Waals surface area contributed by atoms with E-state index in [2.05, 4.69) is 34.3 Å². The number of imide groups is 1. The van der Waals surface area contributed by atoms with Gasteiger partial charge in [-0.15, -0.1) is 0 Å². The van der Waals surface area contributed by atoms with Crippen LogP contribution in [0.25, 0.3) is 11.0 Å². The smallest absolute Gasteiger partial charge is 0.314 e. The molecule has 2 unspecified atom stereocenters. The molecule has 1 aromatic heterocycles. The monoisotopic (exact) mass is 395 g/mol. The van der Waals surface area contributed by atoms with Crippen LogP contribution in [0.3, 0.4) is 0 Å². The number of aromatic nitrogens is 2. The second-order valence-electron chi connectivity index (χ2n) is 7.68. The summed E-state index contributed by atoms with van der Waals surface area (Å²) in [6.45, 7) is 5.73. The number of imidazole rings is 1. The minimum absolute atomic E-state index is 0.224. The molecule has 4 rings (SSSR count). The number of carbonyl (C=O) groups is 2. The first-order valence-electron chi connectivity index (χ1n) is 9.94. The van der Waals surface area contributed by atoms with Crippen molar-refractivity contribution in [2.75, 3.05) is 26.2 Å². The van der Waals surface area contributed by atoms with E-state index in [9.17, 15) is 14.4 Å². The molecule has 2 saturated heterocycles. The molecule has 8 heteroatoms. The number of aryl methyl sites for hydroxylation is 1. The molecule has 2 aliphatic heterocycles. The van der Waals surface area contributed by atoms with Gasteiger partial charge in [0.1, 0.15) is 6.04 Å². The molecule has 2 N–H and O–H groups in total. The van der Waals surface area contributed by atoms with E-state index >= 15 is 0 Å². The predicted octanol–water partition coefficient (Wildman–Crippen LogP) is -0.0371. The Morgan fingerprint density at radius 3 is 2.83 bits per heavy atom. The van der Waals surface area contributed by atoms with Crippen molar-refractivity contribution in [2.45, 2.75) is 31.8 Å². The van der Waals surface area contributed by atoms with E-state index in [4.69, 9.17) is 0 Å². The van der Waals surface area contributed by atoms with E-state index in [0.29, 0.717) is 30.0 Å². The van der Waals surface area contributed by atoms with Crippen molar-refractivity contribution in [1.29, 1.82) is 0 Å². The van der Waals surface area contributed by atoms with Crippen LogP contribution < -0.4 is 16.3 Å². The summed E-state index contributed by atoms with van der Waals surface area (Å²) in [5, 5.41) is 5.70. The molecule has 0 spiro atoms. The average molecular weight is 395 g/mol. The quantitative estimate of drug-likeness (QED) is 0.551. The Labute approximate surface area is 168 Å². The number of piperazine rings is 1. The van der Waals surface area contributed by atoms with Crippen LogP contribution in [0, 0.1) is 11.8 Å². The van der Waals surface area contributed by atoms with Crippen LogP contribution in [0.4, 0.5) is 0 Å². The number of fused-ring (bicyclic) bond motifs is 1. The minimum atomic E-state index is -0.686. The van der Waals surface area contributed by atoms with Gasteiger partial charge in [0.05, 0.1) is 23.1 Å². The molecule has 152 valence electrons. The fourth-order valence-electron chi connectivity index (χ4n) is 4.12. The van der Waals surface area contributed by atoms with E-state index in [0.717, 1.165) is 25.2 Å². The van der Waals surface area contributed by atoms with E-state index < -0.39 is 11.9 Å². The van der Waals surface area contributed by atoms with Crippen molar-refractivity contribution in [3.63, 3.8) is 0 Å². The van der Waals surface area contributed by atoms with Crippen molar-refractivity contribution < 1.29 is 9.59 Å². The topological polar surface area (TPSA) is 88.4 Å². The van der Waals surface area contributed by atoms with Gasteiger partial charge in [0.15, 0.2) is 0 Å². The molecule has 2 aliphatic rings. The van der Waals surface area contributed by atoms with Gasteiger partial charge in [-0.1, -0.05) is 17.9 Å². The zero-order valence-electron chi connectivity index (χ0n) is 16.7. The van der Waals surface area contributed by atoms with E-state index in [-0.39, 0.29) is 18.0 Å². The number of rotatable bonds is 2. The fourth-order valence-corrected chi connectivity index (χ4v) is 4.12. The molecule has 1 aromatic carbocycles. The number of hydrogen-bond donors (Lipinski definition) is 2. The van der Waals surface area contributed by atoms with E-state index in [1.807, 2.05) is 18.2 Å². The summed E-state index contributed by atoms with van der Waals surface area (Å²) in [6, 6.07) is 5.32. The highest BCUT2D eigenvalue weighted by atomic mass is 16.2. The lowest BCUT2D eigenvalue weighted by atomic mass is 10.1. The molecule has 2 amide bonds. The molecule has 8 nitrogen and oxygen atoms in total. The number of carbonyl (C=O) groups excluding carboxylic acids is 2. The van der Waals surface area contributed by atoms with Gasteiger partial charge >= 0.3 is 5.69 Å². The molecule has 2 fully saturated rings.